The number of aliphatic carboxylic acids is 1. The number of aliphatic hydroxyl groups is 3. The lowest BCUT2D eigenvalue weighted by Gasteiger charge is -2.42. The second-order valence-corrected chi connectivity index (χ2v) is 19.4. The summed E-state index contributed by atoms with van der Waals surface area (Å²) in [4.78, 5) is 66.2. The normalized spacial score (nSPS) is 29.2. The number of rotatable bonds is 25. The number of carboxylic acid groups (broad SMARTS) is 1. The van der Waals surface area contributed by atoms with Crippen molar-refractivity contribution in [2.24, 2.45) is 35.5 Å². The Hall–Kier alpha value is -3.37. The Labute approximate surface area is 387 Å². The first kappa shape index (κ1) is 56.0. The monoisotopic (exact) mass is 916 g/mol. The summed E-state index contributed by atoms with van der Waals surface area (Å²) in [6.45, 7) is 13.2. The largest absolute Gasteiger partial charge is 0.480 e. The Bertz CT molecular complexity index is 1710. The van der Waals surface area contributed by atoms with Crippen LogP contribution in [0.2, 0.25) is 0 Å². The smallest absolute Gasteiger partial charge is 0.326 e. The van der Waals surface area contributed by atoms with E-state index in [1.165, 1.54) is 7.11 Å². The number of amides is 1. The zero-order chi connectivity index (χ0) is 48.6. The predicted octanol–water partition coefficient (Wildman–Crippen LogP) is 6.73. The first-order valence-corrected chi connectivity index (χ1v) is 23.9. The van der Waals surface area contributed by atoms with Crippen LogP contribution in [-0.4, -0.2) is 131 Å². The predicted molar refractivity (Wildman–Crippen MR) is 248 cm³/mol. The van der Waals surface area contributed by atoms with Gasteiger partial charge in [-0.25, -0.2) is 4.79 Å². The highest BCUT2D eigenvalue weighted by Gasteiger charge is 2.52. The second-order valence-electron chi connectivity index (χ2n) is 19.4. The van der Waals surface area contributed by atoms with E-state index in [0.29, 0.717) is 62.4 Å². The number of allylic oxidation sites excluding steroid dienone is 6. The number of piperidine rings is 1. The van der Waals surface area contributed by atoms with Gasteiger partial charge in [0.2, 0.25) is 5.79 Å². The number of hydrogen-bond donors (Lipinski definition) is 4. The van der Waals surface area contributed by atoms with Crippen LogP contribution in [0.3, 0.4) is 0 Å². The molecular weight excluding hydrogens is 835 g/mol. The van der Waals surface area contributed by atoms with Crippen LogP contribution in [0.15, 0.2) is 47.6 Å². The molecule has 4 N–H and O–H groups in total. The molecule has 0 bridgehead atoms. The van der Waals surface area contributed by atoms with Gasteiger partial charge in [-0.2, -0.15) is 0 Å². The van der Waals surface area contributed by atoms with Crippen LogP contribution in [0.25, 0.3) is 0 Å². The van der Waals surface area contributed by atoms with E-state index in [9.17, 15) is 44.4 Å². The maximum Gasteiger partial charge on any atom is 0.326 e. The molecule has 2 saturated heterocycles. The van der Waals surface area contributed by atoms with Crippen LogP contribution in [0.4, 0.5) is 0 Å². The van der Waals surface area contributed by atoms with Gasteiger partial charge in [0, 0.05) is 58.5 Å². The summed E-state index contributed by atoms with van der Waals surface area (Å²) < 4.78 is 22.7. The number of carbonyl (C=O) groups is 5. The Morgan fingerprint density at radius 2 is 1.60 bits per heavy atom. The molecule has 2 heterocycles. The van der Waals surface area contributed by atoms with E-state index in [-0.39, 0.29) is 36.6 Å². The Morgan fingerprint density at radius 1 is 0.892 bits per heavy atom. The molecule has 0 aromatic heterocycles. The van der Waals surface area contributed by atoms with Gasteiger partial charge in [0.05, 0.1) is 24.4 Å². The summed E-state index contributed by atoms with van der Waals surface area (Å²) in [5, 5.41) is 42.4. The van der Waals surface area contributed by atoms with Crippen molar-refractivity contribution in [2.75, 3.05) is 27.9 Å². The number of likely N-dealkylation sites (tertiary alicyclic amines) is 1. The molecule has 2 aliphatic heterocycles. The minimum absolute atomic E-state index is 0.0249. The van der Waals surface area contributed by atoms with Gasteiger partial charge in [0.15, 0.2) is 5.78 Å². The lowest BCUT2D eigenvalue weighted by atomic mass is 9.79. The van der Waals surface area contributed by atoms with E-state index >= 15 is 0 Å². The molecule has 368 valence electrons. The van der Waals surface area contributed by atoms with E-state index < -0.39 is 77.8 Å². The van der Waals surface area contributed by atoms with Crippen molar-refractivity contribution >= 4 is 29.2 Å². The molecule has 3 fully saturated rings. The third-order valence-electron chi connectivity index (χ3n) is 14.1. The summed E-state index contributed by atoms with van der Waals surface area (Å²) >= 11 is 0. The molecule has 1 aliphatic carbocycles. The molecule has 0 aromatic rings. The van der Waals surface area contributed by atoms with Gasteiger partial charge in [-0.05, 0) is 113 Å². The lowest BCUT2D eigenvalue weighted by molar-refractivity contribution is -0.265. The van der Waals surface area contributed by atoms with E-state index in [2.05, 4.69) is 6.92 Å². The zero-order valence-electron chi connectivity index (χ0n) is 40.8. The van der Waals surface area contributed by atoms with Crippen molar-refractivity contribution in [3.63, 3.8) is 0 Å². The number of carbonyl (C=O) groups excluding carboxylic acids is 4. The minimum Gasteiger partial charge on any atom is -0.480 e. The highest BCUT2D eigenvalue weighted by Crippen LogP contribution is 2.37. The SMILES string of the molecule is CO[C@@H](C[C@@H]1CC[C@@H](C)[C@](O)(C(=O)C(=O)N2CCCC[C@H]2C(=O)O)O1)C(C)=CC=CC=C[C@@H](C)C[C@@H](C)C(=O)[C@H](OC)[C@H](O)C(C)=C[C@@H](C)C(=O)CC[C@H](C)C[C@@H]1CC[C@@H](O)[C@H](OC)C1. The third-order valence-corrected chi connectivity index (χ3v) is 14.1. The molecule has 3 rings (SSSR count). The van der Waals surface area contributed by atoms with Gasteiger partial charge in [-0.3, -0.25) is 19.2 Å². The molecule has 0 aromatic carbocycles. The molecule has 1 saturated carbocycles. The fourth-order valence-electron chi connectivity index (χ4n) is 9.78. The summed E-state index contributed by atoms with van der Waals surface area (Å²) in [5.74, 6) is -6.52. The van der Waals surface area contributed by atoms with E-state index in [1.807, 2.05) is 58.1 Å². The van der Waals surface area contributed by atoms with Crippen LogP contribution in [0, 0.1) is 35.5 Å². The summed E-state index contributed by atoms with van der Waals surface area (Å²) in [6, 6.07) is -1.12. The Kier molecular flexibility index (Phi) is 23.1. The average Bonchev–Trinajstić information content (AvgIpc) is 3.28. The standard InChI is InChI=1S/C51H81NO13/c1-31(26-35(5)45(55)47(64-10)46(56)36(6)28-34(4)41(53)23-19-32(2)27-38-21-24-42(54)44(29-38)63-9)16-12-11-13-17-33(3)43(62-8)30-39-22-20-37(7)51(61,65-39)48(57)49(58)52-25-15-14-18-40(52)50(59)60/h11-13,16-17,28,31-32,34-35,37-40,42-44,46-47,54,56,61H,14-15,18-27,29-30H2,1-10H3,(H,59,60)/t31-,32+,34-,35-,37-,38+,39+,40+,42-,43+,44-,46-,47+,51-/m1/s1. The number of carboxylic acids is 1. The average molecular weight is 916 g/mol. The van der Waals surface area contributed by atoms with Crippen molar-refractivity contribution < 1.29 is 63.3 Å². The summed E-state index contributed by atoms with van der Waals surface area (Å²) in [6.07, 6.45) is 15.4. The number of nitrogens with zero attached hydrogens (tertiary/aromatic N) is 1. The molecule has 0 unspecified atom stereocenters. The van der Waals surface area contributed by atoms with Gasteiger partial charge >= 0.3 is 5.97 Å². The molecule has 14 nitrogen and oxygen atoms in total. The number of methoxy groups -OCH3 is 3. The fourth-order valence-corrected chi connectivity index (χ4v) is 9.78. The summed E-state index contributed by atoms with van der Waals surface area (Å²) in [7, 11) is 4.61. The maximum absolute atomic E-state index is 13.5. The molecule has 1 amide bonds. The molecule has 0 radical (unpaired) electrons. The van der Waals surface area contributed by atoms with Gasteiger partial charge in [0.1, 0.15) is 24.0 Å². The van der Waals surface area contributed by atoms with Gasteiger partial charge in [-0.1, -0.05) is 71.1 Å². The highest BCUT2D eigenvalue weighted by atomic mass is 16.6. The molecular formula is C51H81NO13. The Balaban J connectivity index is 1.49. The first-order chi connectivity index (χ1) is 30.7. The number of Topliss-reactive ketones (excluding diaryl/α,β-unsaturated/α-hetero) is 3. The number of hydrogen-bond acceptors (Lipinski definition) is 12. The van der Waals surface area contributed by atoms with Crippen LogP contribution in [-0.2, 0) is 42.9 Å². The minimum atomic E-state index is -2.38. The molecule has 0 spiro atoms. The van der Waals surface area contributed by atoms with Crippen LogP contribution in [0.1, 0.15) is 132 Å². The lowest BCUT2D eigenvalue weighted by Crippen LogP contribution is -2.60. The van der Waals surface area contributed by atoms with Crippen LogP contribution >= 0.6 is 0 Å². The van der Waals surface area contributed by atoms with Crippen molar-refractivity contribution in [3.8, 4) is 0 Å². The number of aliphatic hydroxyl groups excluding tert-OH is 2. The highest BCUT2D eigenvalue weighted by molar-refractivity contribution is 6.39. The number of ether oxygens (including phenoxy) is 4. The van der Waals surface area contributed by atoms with Crippen LogP contribution < -0.4 is 0 Å². The first-order valence-electron chi connectivity index (χ1n) is 23.9. The van der Waals surface area contributed by atoms with Crippen LogP contribution in [0.5, 0.6) is 0 Å². The second kappa shape index (κ2) is 26.8. The van der Waals surface area contributed by atoms with Gasteiger partial charge in [-0.15, -0.1) is 0 Å². The zero-order valence-corrected chi connectivity index (χ0v) is 40.8. The maximum atomic E-state index is 13.5. The van der Waals surface area contributed by atoms with E-state index in [0.717, 1.165) is 42.6 Å². The molecule has 14 atom stereocenters. The molecule has 3 aliphatic rings. The summed E-state index contributed by atoms with van der Waals surface area (Å²) in [5.41, 5.74) is 1.38. The number of ketones is 3. The van der Waals surface area contributed by atoms with Crippen molar-refractivity contribution in [1.82, 2.24) is 4.90 Å². The van der Waals surface area contributed by atoms with Crippen molar-refractivity contribution in [1.29, 1.82) is 0 Å². The molecule has 65 heavy (non-hydrogen) atoms. The van der Waals surface area contributed by atoms with Crippen molar-refractivity contribution in [2.45, 2.75) is 180 Å². The quantitative estimate of drug-likeness (QED) is 0.0427. The van der Waals surface area contributed by atoms with Crippen molar-refractivity contribution in [3.05, 3.63) is 47.6 Å². The molecule has 14 heteroatoms. The van der Waals surface area contributed by atoms with Gasteiger partial charge in [0.25, 0.3) is 11.7 Å². The third kappa shape index (κ3) is 16.1. The fraction of sp³-hybridized carbons (Fsp3) is 0.745. The van der Waals surface area contributed by atoms with Gasteiger partial charge < -0.3 is 44.3 Å². The Morgan fingerprint density at radius 3 is 2.25 bits per heavy atom. The van der Waals surface area contributed by atoms with E-state index in [1.54, 1.807) is 34.1 Å². The topological polar surface area (TPSA) is 206 Å². The van der Waals surface area contributed by atoms with E-state index in [4.69, 9.17) is 18.9 Å².